The van der Waals surface area contributed by atoms with Gasteiger partial charge in [-0.2, -0.15) is 0 Å². The van der Waals surface area contributed by atoms with Gasteiger partial charge in [0.25, 0.3) is 11.6 Å². The van der Waals surface area contributed by atoms with Crippen molar-refractivity contribution in [2.24, 2.45) is 0 Å². The minimum atomic E-state index is -0.455. The quantitative estimate of drug-likeness (QED) is 0.407. The molecule has 178 valence electrons. The van der Waals surface area contributed by atoms with Gasteiger partial charge in [-0.05, 0) is 57.5 Å². The largest absolute Gasteiger partial charge is 0.352 e. The van der Waals surface area contributed by atoms with Crippen LogP contribution in [0.15, 0.2) is 24.3 Å². The maximum atomic E-state index is 13.0. The number of piperazine rings is 1. The van der Waals surface area contributed by atoms with Crippen molar-refractivity contribution in [2.75, 3.05) is 45.2 Å². The van der Waals surface area contributed by atoms with Crippen LogP contribution in [0.25, 0.3) is 10.2 Å². The first-order chi connectivity index (χ1) is 16.4. The number of nitrogens with zero attached hydrogens (tertiary/aromatic N) is 6. The summed E-state index contributed by atoms with van der Waals surface area (Å²) in [6, 6.07) is 5.83. The topological polar surface area (TPSA) is 95.7 Å². The molecule has 34 heavy (non-hydrogen) atoms. The molecule has 0 bridgehead atoms. The van der Waals surface area contributed by atoms with E-state index < -0.39 is 4.92 Å². The molecule has 1 aliphatic heterocycles. The van der Waals surface area contributed by atoms with Gasteiger partial charge in [0.05, 0.1) is 16.9 Å². The van der Waals surface area contributed by atoms with Gasteiger partial charge in [0, 0.05) is 48.8 Å². The van der Waals surface area contributed by atoms with Crippen LogP contribution in [-0.2, 0) is 19.4 Å². The first kappa shape index (κ1) is 22.7. The Bertz CT molecular complexity index is 1230. The number of rotatable bonds is 5. The summed E-state index contributed by atoms with van der Waals surface area (Å²) in [6.45, 7) is 3.23. The van der Waals surface area contributed by atoms with Gasteiger partial charge in [-0.3, -0.25) is 14.9 Å². The van der Waals surface area contributed by atoms with E-state index in [4.69, 9.17) is 9.97 Å². The number of benzene rings is 1. The van der Waals surface area contributed by atoms with E-state index in [0.29, 0.717) is 38.3 Å². The van der Waals surface area contributed by atoms with Gasteiger partial charge < -0.3 is 14.7 Å². The molecule has 0 spiro atoms. The van der Waals surface area contributed by atoms with Gasteiger partial charge in [0.15, 0.2) is 0 Å². The molecule has 1 aliphatic carbocycles. The fraction of sp³-hybridized carbons (Fsp3) is 0.458. The van der Waals surface area contributed by atoms with Gasteiger partial charge >= 0.3 is 0 Å². The molecule has 0 radical (unpaired) electrons. The molecule has 2 aliphatic rings. The second-order valence-corrected chi connectivity index (χ2v) is 10.3. The Balaban J connectivity index is 1.39. The summed E-state index contributed by atoms with van der Waals surface area (Å²) in [6.07, 6.45) is 4.64. The average molecular weight is 481 g/mol. The number of nitro benzene ring substituents is 1. The highest BCUT2D eigenvalue weighted by Gasteiger charge is 2.28. The third-order valence-electron chi connectivity index (χ3n) is 6.49. The number of aromatic nitrogens is 2. The molecular weight excluding hydrogens is 452 g/mol. The molecule has 3 aromatic rings. The number of nitro groups is 1. The summed E-state index contributed by atoms with van der Waals surface area (Å²) in [7, 11) is 4.05. The standard InChI is InChI=1S/C24H28N6O3S/c1-27(2)15-20-25-22(21-18-5-3-4-6-19(18)34-23(21)26-20)28-11-13-29(14-12-28)24(31)16-7-9-17(10-8-16)30(32)33/h7-10H,3-6,11-15H2,1-2H3. The normalized spacial score (nSPS) is 16.2. The Labute approximate surface area is 202 Å². The number of amides is 1. The lowest BCUT2D eigenvalue weighted by Crippen LogP contribution is -2.49. The molecular formula is C24H28N6O3S. The summed E-state index contributed by atoms with van der Waals surface area (Å²) in [5.74, 6) is 1.74. The second kappa shape index (κ2) is 9.27. The van der Waals surface area contributed by atoms with Crippen LogP contribution < -0.4 is 4.90 Å². The Hall–Kier alpha value is -3.11. The van der Waals surface area contributed by atoms with Crippen LogP contribution >= 0.6 is 11.3 Å². The number of carbonyl (C=O) groups excluding carboxylic acids is 1. The first-order valence-electron chi connectivity index (χ1n) is 11.7. The molecule has 0 unspecified atom stereocenters. The van der Waals surface area contributed by atoms with Crippen molar-refractivity contribution >= 4 is 39.0 Å². The van der Waals surface area contributed by atoms with Crippen molar-refractivity contribution < 1.29 is 9.72 Å². The molecule has 1 amide bonds. The van der Waals surface area contributed by atoms with E-state index >= 15 is 0 Å². The van der Waals surface area contributed by atoms with Crippen molar-refractivity contribution in [1.82, 2.24) is 19.8 Å². The van der Waals surface area contributed by atoms with E-state index in [1.54, 1.807) is 0 Å². The molecule has 1 aromatic carbocycles. The Morgan fingerprint density at radius 3 is 2.47 bits per heavy atom. The molecule has 1 saturated heterocycles. The molecule has 0 saturated carbocycles. The molecule has 0 atom stereocenters. The molecule has 10 heteroatoms. The number of hydrogen-bond acceptors (Lipinski definition) is 8. The van der Waals surface area contributed by atoms with Crippen LogP contribution in [0, 0.1) is 10.1 Å². The Kier molecular flexibility index (Phi) is 6.18. The molecule has 5 rings (SSSR count). The number of non-ortho nitro benzene ring substituents is 1. The van der Waals surface area contributed by atoms with Crippen LogP contribution in [0.4, 0.5) is 11.5 Å². The smallest absolute Gasteiger partial charge is 0.269 e. The monoisotopic (exact) mass is 480 g/mol. The van der Waals surface area contributed by atoms with Crippen molar-refractivity contribution in [3.8, 4) is 0 Å². The molecule has 0 N–H and O–H groups in total. The molecule has 1 fully saturated rings. The summed E-state index contributed by atoms with van der Waals surface area (Å²) in [5, 5.41) is 12.1. The van der Waals surface area contributed by atoms with Gasteiger partial charge in [-0.1, -0.05) is 0 Å². The minimum absolute atomic E-state index is 0.0122. The number of aryl methyl sites for hydroxylation is 2. The van der Waals surface area contributed by atoms with Gasteiger partial charge in [-0.15, -0.1) is 11.3 Å². The highest BCUT2D eigenvalue weighted by molar-refractivity contribution is 7.19. The number of thiophene rings is 1. The summed E-state index contributed by atoms with van der Waals surface area (Å²) >= 11 is 1.82. The van der Waals surface area contributed by atoms with Crippen molar-refractivity contribution in [3.63, 3.8) is 0 Å². The zero-order valence-corrected chi connectivity index (χ0v) is 20.3. The fourth-order valence-corrected chi connectivity index (χ4v) is 6.07. The summed E-state index contributed by atoms with van der Waals surface area (Å²) in [4.78, 5) is 42.1. The van der Waals surface area contributed by atoms with E-state index in [1.165, 1.54) is 52.9 Å². The van der Waals surface area contributed by atoms with E-state index in [0.717, 1.165) is 29.3 Å². The lowest BCUT2D eigenvalue weighted by molar-refractivity contribution is -0.384. The lowest BCUT2D eigenvalue weighted by Gasteiger charge is -2.36. The van der Waals surface area contributed by atoms with Gasteiger partial charge in [0.2, 0.25) is 0 Å². The zero-order chi connectivity index (χ0) is 23.8. The van der Waals surface area contributed by atoms with Crippen molar-refractivity contribution in [1.29, 1.82) is 0 Å². The Morgan fingerprint density at radius 2 is 1.79 bits per heavy atom. The van der Waals surface area contributed by atoms with E-state index in [-0.39, 0.29) is 11.6 Å². The van der Waals surface area contributed by atoms with E-state index in [2.05, 4.69) is 9.80 Å². The molecule has 3 heterocycles. The van der Waals surface area contributed by atoms with Crippen LogP contribution in [0.3, 0.4) is 0 Å². The van der Waals surface area contributed by atoms with Gasteiger partial charge in [-0.25, -0.2) is 9.97 Å². The highest BCUT2D eigenvalue weighted by atomic mass is 32.1. The maximum Gasteiger partial charge on any atom is 0.269 e. The summed E-state index contributed by atoms with van der Waals surface area (Å²) in [5.41, 5.74) is 1.88. The number of anilines is 1. The minimum Gasteiger partial charge on any atom is -0.352 e. The molecule has 9 nitrogen and oxygen atoms in total. The van der Waals surface area contributed by atoms with Crippen molar-refractivity contribution in [3.05, 3.63) is 56.2 Å². The maximum absolute atomic E-state index is 13.0. The number of carbonyl (C=O) groups is 1. The van der Waals surface area contributed by atoms with E-state index in [9.17, 15) is 14.9 Å². The number of fused-ring (bicyclic) bond motifs is 3. The zero-order valence-electron chi connectivity index (χ0n) is 19.5. The van der Waals surface area contributed by atoms with Crippen LogP contribution in [0.1, 0.15) is 39.5 Å². The summed E-state index contributed by atoms with van der Waals surface area (Å²) < 4.78 is 0. The third kappa shape index (κ3) is 4.35. The second-order valence-electron chi connectivity index (χ2n) is 9.18. The lowest BCUT2D eigenvalue weighted by atomic mass is 9.97. The SMILES string of the molecule is CN(C)Cc1nc(N2CCN(C(=O)c3ccc([N+](=O)[O-])cc3)CC2)c2c3c(sc2n1)CCCC3. The van der Waals surface area contributed by atoms with E-state index in [1.807, 2.05) is 30.3 Å². The molecule has 2 aromatic heterocycles. The predicted octanol–water partition coefficient (Wildman–Crippen LogP) is 3.50. The van der Waals surface area contributed by atoms with Crippen LogP contribution in [0.5, 0.6) is 0 Å². The predicted molar refractivity (Wildman–Crippen MR) is 133 cm³/mol. The first-order valence-corrected chi connectivity index (χ1v) is 12.5. The van der Waals surface area contributed by atoms with Crippen molar-refractivity contribution in [2.45, 2.75) is 32.2 Å². The van der Waals surface area contributed by atoms with Gasteiger partial charge in [0.1, 0.15) is 16.5 Å². The number of hydrogen-bond donors (Lipinski definition) is 0. The van der Waals surface area contributed by atoms with Crippen LogP contribution in [-0.4, -0.2) is 70.9 Å². The fourth-order valence-electron chi connectivity index (χ4n) is 4.79. The Morgan fingerprint density at radius 1 is 1.09 bits per heavy atom. The average Bonchev–Trinajstić information content (AvgIpc) is 3.21. The third-order valence-corrected chi connectivity index (χ3v) is 7.68. The highest BCUT2D eigenvalue weighted by Crippen LogP contribution is 2.40. The van der Waals surface area contributed by atoms with Crippen LogP contribution in [0.2, 0.25) is 0 Å².